The number of aromatic nitrogens is 3. The molecule has 3 rings (SSSR count). The summed E-state index contributed by atoms with van der Waals surface area (Å²) in [5.41, 5.74) is 6.43. The number of rotatable bonds is 3. The first-order chi connectivity index (χ1) is 8.81. The van der Waals surface area contributed by atoms with Crippen molar-refractivity contribution in [2.24, 2.45) is 0 Å². The third-order valence-electron chi connectivity index (χ3n) is 2.65. The Morgan fingerprint density at radius 3 is 2.89 bits per heavy atom. The average Bonchev–Trinajstić information content (AvgIpc) is 3.01. The van der Waals surface area contributed by atoms with Gasteiger partial charge < -0.3 is 19.9 Å². The van der Waals surface area contributed by atoms with E-state index in [4.69, 9.17) is 15.0 Å². The summed E-state index contributed by atoms with van der Waals surface area (Å²) in [5.74, 6) is 1.18. The van der Waals surface area contributed by atoms with Gasteiger partial charge in [-0.25, -0.2) is 4.98 Å². The van der Waals surface area contributed by atoms with Gasteiger partial charge in [-0.05, 0) is 5.16 Å². The van der Waals surface area contributed by atoms with Gasteiger partial charge in [-0.1, -0.05) is 0 Å². The maximum atomic E-state index is 5.57. The zero-order valence-electron chi connectivity index (χ0n) is 9.70. The Bertz CT molecular complexity index is 520. The SMILES string of the molecule is Nc1nc(Cc2nc(N3CCOCC3)no2)cs1. The number of anilines is 2. The molecule has 1 aliphatic rings. The van der Waals surface area contributed by atoms with Crippen LogP contribution in [0.25, 0.3) is 0 Å². The van der Waals surface area contributed by atoms with Gasteiger partial charge in [0, 0.05) is 18.5 Å². The van der Waals surface area contributed by atoms with Gasteiger partial charge in [-0.15, -0.1) is 11.3 Å². The van der Waals surface area contributed by atoms with Crippen LogP contribution in [0.15, 0.2) is 9.90 Å². The van der Waals surface area contributed by atoms with Crippen LogP contribution in [-0.2, 0) is 11.2 Å². The highest BCUT2D eigenvalue weighted by Gasteiger charge is 2.17. The van der Waals surface area contributed by atoms with E-state index in [1.54, 1.807) is 0 Å². The Labute approximate surface area is 108 Å². The maximum absolute atomic E-state index is 5.57. The van der Waals surface area contributed by atoms with Crippen LogP contribution in [-0.4, -0.2) is 41.4 Å². The Morgan fingerprint density at radius 2 is 2.17 bits per heavy atom. The van der Waals surface area contributed by atoms with E-state index in [9.17, 15) is 0 Å². The molecule has 18 heavy (non-hydrogen) atoms. The highest BCUT2D eigenvalue weighted by Crippen LogP contribution is 2.16. The molecule has 2 aromatic heterocycles. The molecule has 2 N–H and O–H groups in total. The van der Waals surface area contributed by atoms with E-state index in [2.05, 4.69) is 15.1 Å². The molecule has 0 bridgehead atoms. The van der Waals surface area contributed by atoms with Gasteiger partial charge in [-0.2, -0.15) is 4.98 Å². The third-order valence-corrected chi connectivity index (χ3v) is 3.38. The van der Waals surface area contributed by atoms with Gasteiger partial charge in [0.1, 0.15) is 0 Å². The molecule has 0 aromatic carbocycles. The van der Waals surface area contributed by atoms with Crippen LogP contribution in [0.1, 0.15) is 11.6 Å². The predicted octanol–water partition coefficient (Wildman–Crippen LogP) is 0.536. The number of hydrogen-bond donors (Lipinski definition) is 1. The van der Waals surface area contributed by atoms with Crippen molar-refractivity contribution in [2.45, 2.75) is 6.42 Å². The monoisotopic (exact) mass is 267 g/mol. The molecule has 3 heterocycles. The van der Waals surface area contributed by atoms with Gasteiger partial charge in [0.2, 0.25) is 5.89 Å². The van der Waals surface area contributed by atoms with Crippen molar-refractivity contribution in [3.05, 3.63) is 17.0 Å². The van der Waals surface area contributed by atoms with Crippen molar-refractivity contribution in [3.8, 4) is 0 Å². The predicted molar refractivity (Wildman–Crippen MR) is 66.7 cm³/mol. The summed E-state index contributed by atoms with van der Waals surface area (Å²) in [5, 5.41) is 6.42. The lowest BCUT2D eigenvalue weighted by molar-refractivity contribution is 0.121. The minimum absolute atomic E-state index is 0.519. The molecule has 1 aliphatic heterocycles. The first-order valence-corrected chi connectivity index (χ1v) is 6.54. The zero-order chi connectivity index (χ0) is 12.4. The van der Waals surface area contributed by atoms with Crippen LogP contribution in [0.3, 0.4) is 0 Å². The minimum Gasteiger partial charge on any atom is -0.378 e. The highest BCUT2D eigenvalue weighted by molar-refractivity contribution is 7.13. The summed E-state index contributed by atoms with van der Waals surface area (Å²) in [7, 11) is 0. The number of ether oxygens (including phenoxy) is 1. The Balaban J connectivity index is 1.69. The summed E-state index contributed by atoms with van der Waals surface area (Å²) in [4.78, 5) is 10.6. The lowest BCUT2D eigenvalue weighted by atomic mass is 10.3. The Hall–Kier alpha value is -1.67. The quantitative estimate of drug-likeness (QED) is 0.867. The van der Waals surface area contributed by atoms with Crippen LogP contribution in [0.2, 0.25) is 0 Å². The van der Waals surface area contributed by atoms with Crippen molar-refractivity contribution < 1.29 is 9.26 Å². The highest BCUT2D eigenvalue weighted by atomic mass is 32.1. The van der Waals surface area contributed by atoms with Gasteiger partial charge in [0.05, 0.1) is 25.3 Å². The molecular weight excluding hydrogens is 254 g/mol. The number of morpholine rings is 1. The molecule has 0 amide bonds. The standard InChI is InChI=1S/C10H13N5O2S/c11-9-12-7(6-18-9)5-8-13-10(14-17-8)15-1-3-16-4-2-15/h6H,1-5H2,(H2,11,12). The van der Waals surface area contributed by atoms with E-state index in [1.807, 2.05) is 10.3 Å². The summed E-state index contributed by atoms with van der Waals surface area (Å²) in [6, 6.07) is 0. The molecule has 0 spiro atoms. The van der Waals surface area contributed by atoms with E-state index >= 15 is 0 Å². The number of nitrogens with zero attached hydrogens (tertiary/aromatic N) is 4. The molecule has 8 heteroatoms. The van der Waals surface area contributed by atoms with Gasteiger partial charge >= 0.3 is 0 Å². The second-order valence-corrected chi connectivity index (χ2v) is 4.83. The second-order valence-electron chi connectivity index (χ2n) is 3.94. The first kappa shape index (κ1) is 11.4. The molecule has 0 saturated carbocycles. The lowest BCUT2D eigenvalue weighted by Gasteiger charge is -2.24. The fraction of sp³-hybridized carbons (Fsp3) is 0.500. The minimum atomic E-state index is 0.519. The van der Waals surface area contributed by atoms with Crippen molar-refractivity contribution in [1.82, 2.24) is 15.1 Å². The Kier molecular flexibility index (Phi) is 3.11. The maximum Gasteiger partial charge on any atom is 0.266 e. The molecule has 0 radical (unpaired) electrons. The van der Waals surface area contributed by atoms with E-state index in [0.29, 0.717) is 36.6 Å². The molecule has 7 nitrogen and oxygen atoms in total. The normalized spacial score (nSPS) is 16.1. The van der Waals surface area contributed by atoms with Gasteiger partial charge in [-0.3, -0.25) is 0 Å². The van der Waals surface area contributed by atoms with Crippen LogP contribution in [0.4, 0.5) is 11.1 Å². The summed E-state index contributed by atoms with van der Waals surface area (Å²) >= 11 is 1.41. The van der Waals surface area contributed by atoms with Gasteiger partial charge in [0.15, 0.2) is 5.13 Å². The third kappa shape index (κ3) is 2.44. The lowest BCUT2D eigenvalue weighted by Crippen LogP contribution is -2.36. The second kappa shape index (κ2) is 4.91. The van der Waals surface area contributed by atoms with Crippen molar-refractivity contribution >= 4 is 22.4 Å². The van der Waals surface area contributed by atoms with Crippen LogP contribution < -0.4 is 10.6 Å². The molecule has 0 unspecified atom stereocenters. The number of nitrogen functional groups attached to an aromatic ring is 1. The fourth-order valence-electron chi connectivity index (χ4n) is 1.77. The van der Waals surface area contributed by atoms with E-state index < -0.39 is 0 Å². The largest absolute Gasteiger partial charge is 0.378 e. The summed E-state index contributed by atoms with van der Waals surface area (Å²) in [6.45, 7) is 2.99. The topological polar surface area (TPSA) is 90.3 Å². The van der Waals surface area contributed by atoms with Crippen molar-refractivity contribution in [3.63, 3.8) is 0 Å². The fourth-order valence-corrected chi connectivity index (χ4v) is 2.33. The number of thiazole rings is 1. The molecule has 0 atom stereocenters. The van der Waals surface area contributed by atoms with E-state index in [-0.39, 0.29) is 0 Å². The van der Waals surface area contributed by atoms with E-state index in [1.165, 1.54) is 11.3 Å². The van der Waals surface area contributed by atoms with E-state index in [0.717, 1.165) is 18.8 Å². The molecule has 1 saturated heterocycles. The number of nitrogens with two attached hydrogens (primary N) is 1. The Morgan fingerprint density at radius 1 is 1.33 bits per heavy atom. The molecule has 2 aromatic rings. The summed E-state index contributed by atoms with van der Waals surface area (Å²) in [6.07, 6.45) is 0.519. The molecular formula is C10H13N5O2S. The summed E-state index contributed by atoms with van der Waals surface area (Å²) < 4.78 is 10.5. The zero-order valence-corrected chi connectivity index (χ0v) is 10.5. The average molecular weight is 267 g/mol. The van der Waals surface area contributed by atoms with Gasteiger partial charge in [0.25, 0.3) is 5.95 Å². The van der Waals surface area contributed by atoms with Crippen molar-refractivity contribution in [2.75, 3.05) is 36.9 Å². The van der Waals surface area contributed by atoms with Crippen LogP contribution >= 0.6 is 11.3 Å². The first-order valence-electron chi connectivity index (χ1n) is 5.66. The van der Waals surface area contributed by atoms with Crippen LogP contribution in [0.5, 0.6) is 0 Å². The number of hydrogen-bond acceptors (Lipinski definition) is 8. The smallest absolute Gasteiger partial charge is 0.266 e. The molecule has 1 fully saturated rings. The molecule has 0 aliphatic carbocycles. The van der Waals surface area contributed by atoms with Crippen LogP contribution in [0, 0.1) is 0 Å². The molecule has 96 valence electrons. The van der Waals surface area contributed by atoms with Crippen molar-refractivity contribution in [1.29, 1.82) is 0 Å².